The average Bonchev–Trinajstić information content (AvgIpc) is 3.14. The van der Waals surface area contributed by atoms with Gasteiger partial charge in [0, 0.05) is 58.7 Å². The number of amides is 1. The third-order valence-electron chi connectivity index (χ3n) is 5.18. The van der Waals surface area contributed by atoms with Crippen LogP contribution in [-0.4, -0.2) is 67.5 Å². The molecule has 0 saturated carbocycles. The molecule has 2 unspecified atom stereocenters. The molecule has 0 spiro atoms. The Morgan fingerprint density at radius 2 is 1.88 bits per heavy atom. The second kappa shape index (κ2) is 9.03. The van der Waals surface area contributed by atoms with E-state index >= 15 is 0 Å². The lowest BCUT2D eigenvalue weighted by atomic mass is 9.95. The van der Waals surface area contributed by atoms with Crippen molar-refractivity contribution in [3.05, 3.63) is 35.9 Å². The standard InChI is InChI=1S/C20H30N4O2/c1-3-21-20(24-12-10-23(11-13-24)16(2)25)22-15-18-9-14-26-19(18)17-7-5-4-6-8-17/h4-8,18-19H,3,9-15H2,1-2H3,(H,21,22). The van der Waals surface area contributed by atoms with Crippen LogP contribution in [0.3, 0.4) is 0 Å². The summed E-state index contributed by atoms with van der Waals surface area (Å²) in [7, 11) is 0. The van der Waals surface area contributed by atoms with Crippen LogP contribution in [0.2, 0.25) is 0 Å². The Morgan fingerprint density at radius 3 is 2.54 bits per heavy atom. The van der Waals surface area contributed by atoms with Crippen molar-refractivity contribution in [3.63, 3.8) is 0 Å². The van der Waals surface area contributed by atoms with Gasteiger partial charge >= 0.3 is 0 Å². The van der Waals surface area contributed by atoms with Crippen LogP contribution in [0, 0.1) is 5.92 Å². The Balaban J connectivity index is 1.63. The fourth-order valence-corrected chi connectivity index (χ4v) is 3.69. The van der Waals surface area contributed by atoms with Gasteiger partial charge in [0.15, 0.2) is 5.96 Å². The second-order valence-electron chi connectivity index (χ2n) is 6.94. The van der Waals surface area contributed by atoms with Gasteiger partial charge in [-0.05, 0) is 18.9 Å². The lowest BCUT2D eigenvalue weighted by molar-refractivity contribution is -0.130. The van der Waals surface area contributed by atoms with Crippen molar-refractivity contribution in [2.24, 2.45) is 10.9 Å². The summed E-state index contributed by atoms with van der Waals surface area (Å²) in [6, 6.07) is 10.4. The van der Waals surface area contributed by atoms with Crippen LogP contribution in [0.15, 0.2) is 35.3 Å². The van der Waals surface area contributed by atoms with Crippen molar-refractivity contribution in [2.75, 3.05) is 45.9 Å². The molecule has 26 heavy (non-hydrogen) atoms. The first kappa shape index (κ1) is 18.7. The SMILES string of the molecule is CCNC(=NCC1CCOC1c1ccccc1)N1CCN(C(C)=O)CC1. The molecule has 2 heterocycles. The zero-order chi connectivity index (χ0) is 18.4. The van der Waals surface area contributed by atoms with E-state index in [9.17, 15) is 4.79 Å². The number of hydrogen-bond donors (Lipinski definition) is 1. The summed E-state index contributed by atoms with van der Waals surface area (Å²) in [4.78, 5) is 20.6. The fraction of sp³-hybridized carbons (Fsp3) is 0.600. The molecule has 1 aromatic carbocycles. The predicted octanol–water partition coefficient (Wildman–Crippen LogP) is 1.89. The number of nitrogens with one attached hydrogen (secondary N) is 1. The van der Waals surface area contributed by atoms with E-state index in [1.54, 1.807) is 6.92 Å². The van der Waals surface area contributed by atoms with Crippen LogP contribution < -0.4 is 5.32 Å². The van der Waals surface area contributed by atoms with Crippen LogP contribution in [0.5, 0.6) is 0 Å². The summed E-state index contributed by atoms with van der Waals surface area (Å²) in [6.07, 6.45) is 1.18. The average molecular weight is 358 g/mol. The minimum Gasteiger partial charge on any atom is -0.373 e. The predicted molar refractivity (Wildman–Crippen MR) is 103 cm³/mol. The molecule has 3 rings (SSSR count). The lowest BCUT2D eigenvalue weighted by Gasteiger charge is -2.36. The van der Waals surface area contributed by atoms with Gasteiger partial charge in [0.2, 0.25) is 5.91 Å². The molecule has 2 fully saturated rings. The number of nitrogens with zero attached hydrogens (tertiary/aromatic N) is 3. The molecule has 1 aromatic rings. The molecule has 142 valence electrons. The number of aliphatic imine (C=N–C) groups is 1. The maximum Gasteiger partial charge on any atom is 0.219 e. The molecule has 0 radical (unpaired) electrons. The summed E-state index contributed by atoms with van der Waals surface area (Å²) < 4.78 is 5.98. The van der Waals surface area contributed by atoms with Gasteiger partial charge < -0.3 is 19.9 Å². The van der Waals surface area contributed by atoms with Gasteiger partial charge in [0.25, 0.3) is 0 Å². The molecule has 0 bridgehead atoms. The first-order valence-corrected chi connectivity index (χ1v) is 9.64. The third-order valence-corrected chi connectivity index (χ3v) is 5.18. The molecule has 0 aromatic heterocycles. The Morgan fingerprint density at radius 1 is 1.19 bits per heavy atom. The van der Waals surface area contributed by atoms with Gasteiger partial charge in [-0.1, -0.05) is 30.3 Å². The third kappa shape index (κ3) is 4.55. The van der Waals surface area contributed by atoms with E-state index in [0.717, 1.165) is 58.3 Å². The highest BCUT2D eigenvalue weighted by Gasteiger charge is 2.30. The van der Waals surface area contributed by atoms with Crippen molar-refractivity contribution in [1.82, 2.24) is 15.1 Å². The van der Waals surface area contributed by atoms with Gasteiger partial charge in [0.05, 0.1) is 6.10 Å². The van der Waals surface area contributed by atoms with E-state index < -0.39 is 0 Å². The van der Waals surface area contributed by atoms with Gasteiger partial charge in [-0.25, -0.2) is 0 Å². The minimum atomic E-state index is 0.136. The van der Waals surface area contributed by atoms with Crippen LogP contribution in [0.25, 0.3) is 0 Å². The Labute approximate surface area is 156 Å². The van der Waals surface area contributed by atoms with Crippen LogP contribution in [0.4, 0.5) is 0 Å². The number of guanidine groups is 1. The number of rotatable bonds is 4. The molecule has 2 atom stereocenters. The first-order chi connectivity index (χ1) is 12.7. The molecule has 1 amide bonds. The largest absolute Gasteiger partial charge is 0.373 e. The number of hydrogen-bond acceptors (Lipinski definition) is 3. The van der Waals surface area contributed by atoms with Crippen LogP contribution in [0.1, 0.15) is 31.9 Å². The summed E-state index contributed by atoms with van der Waals surface area (Å²) in [5.74, 6) is 1.51. The van der Waals surface area contributed by atoms with Gasteiger partial charge in [-0.2, -0.15) is 0 Å². The van der Waals surface area contributed by atoms with Crippen molar-refractivity contribution in [2.45, 2.75) is 26.4 Å². The van der Waals surface area contributed by atoms with Crippen molar-refractivity contribution < 1.29 is 9.53 Å². The van der Waals surface area contributed by atoms with Gasteiger partial charge in [0.1, 0.15) is 0 Å². The monoisotopic (exact) mass is 358 g/mol. The second-order valence-corrected chi connectivity index (χ2v) is 6.94. The maximum atomic E-state index is 11.5. The number of carbonyl (C=O) groups is 1. The zero-order valence-corrected chi connectivity index (χ0v) is 15.9. The summed E-state index contributed by atoms with van der Waals surface area (Å²) in [5, 5.41) is 3.41. The normalized spacial score (nSPS) is 24.0. The highest BCUT2D eigenvalue weighted by molar-refractivity contribution is 5.80. The first-order valence-electron chi connectivity index (χ1n) is 9.64. The van der Waals surface area contributed by atoms with Crippen molar-refractivity contribution >= 4 is 11.9 Å². The summed E-state index contributed by atoms with van der Waals surface area (Å²) in [5.41, 5.74) is 1.24. The highest BCUT2D eigenvalue weighted by Crippen LogP contribution is 2.34. The van der Waals surface area contributed by atoms with E-state index in [4.69, 9.17) is 9.73 Å². The van der Waals surface area contributed by atoms with Crippen molar-refractivity contribution in [1.29, 1.82) is 0 Å². The van der Waals surface area contributed by atoms with E-state index in [-0.39, 0.29) is 12.0 Å². The number of piperazine rings is 1. The highest BCUT2D eigenvalue weighted by atomic mass is 16.5. The van der Waals surface area contributed by atoms with Crippen LogP contribution >= 0.6 is 0 Å². The van der Waals surface area contributed by atoms with Gasteiger partial charge in [-0.15, -0.1) is 0 Å². The molecule has 2 aliphatic heterocycles. The van der Waals surface area contributed by atoms with E-state index in [0.29, 0.717) is 5.92 Å². The molecule has 2 saturated heterocycles. The van der Waals surface area contributed by atoms with E-state index in [1.807, 2.05) is 11.0 Å². The zero-order valence-electron chi connectivity index (χ0n) is 15.9. The molecule has 6 heteroatoms. The Bertz CT molecular complexity index is 611. The van der Waals surface area contributed by atoms with E-state index in [2.05, 4.69) is 41.4 Å². The smallest absolute Gasteiger partial charge is 0.219 e. The summed E-state index contributed by atoms with van der Waals surface area (Å²) >= 11 is 0. The number of benzene rings is 1. The molecule has 1 N–H and O–H groups in total. The summed E-state index contributed by atoms with van der Waals surface area (Å²) in [6.45, 7) is 9.31. The Kier molecular flexibility index (Phi) is 6.50. The van der Waals surface area contributed by atoms with Crippen LogP contribution in [-0.2, 0) is 9.53 Å². The number of carbonyl (C=O) groups excluding carboxylic acids is 1. The molecule has 6 nitrogen and oxygen atoms in total. The lowest BCUT2D eigenvalue weighted by Crippen LogP contribution is -2.53. The molecular formula is C20H30N4O2. The topological polar surface area (TPSA) is 57.2 Å². The van der Waals surface area contributed by atoms with Gasteiger partial charge in [-0.3, -0.25) is 9.79 Å². The molecular weight excluding hydrogens is 328 g/mol. The number of ether oxygens (including phenoxy) is 1. The molecule has 0 aliphatic carbocycles. The van der Waals surface area contributed by atoms with E-state index in [1.165, 1.54) is 5.56 Å². The quantitative estimate of drug-likeness (QED) is 0.660. The fourth-order valence-electron chi connectivity index (χ4n) is 3.69. The maximum absolute atomic E-state index is 11.5. The minimum absolute atomic E-state index is 0.136. The molecule has 2 aliphatic rings. The Hall–Kier alpha value is -2.08. The van der Waals surface area contributed by atoms with Crippen molar-refractivity contribution in [3.8, 4) is 0 Å².